The van der Waals surface area contributed by atoms with Gasteiger partial charge in [-0.1, -0.05) is 197 Å². The highest BCUT2D eigenvalue weighted by molar-refractivity contribution is 9.09. The predicted octanol–water partition coefficient (Wildman–Crippen LogP) is 15.5. The zero-order chi connectivity index (χ0) is 45.5. The van der Waals surface area contributed by atoms with E-state index in [4.69, 9.17) is 0 Å². The Morgan fingerprint density at radius 2 is 1.17 bits per heavy atom. The summed E-state index contributed by atoms with van der Waals surface area (Å²) < 4.78 is 4.34. The molecule has 348 valence electrons. The number of imidazole rings is 1. The van der Waals surface area contributed by atoms with Crippen LogP contribution in [0.4, 0.5) is 0 Å². The number of hydrogen-bond acceptors (Lipinski definition) is 0. The largest absolute Gasteiger partial charge is 1.00 e. The Bertz CT molecular complexity index is 1520. The van der Waals surface area contributed by atoms with Crippen LogP contribution >= 0.6 is 31.9 Å². The standard InChI is InChI=1S/C55H97Br2N2.BrH/c1-20-50(8,9)41-54(16,17)36-45(4)48(57)28-32-52(12,13)35-44(3)25-22-30-51(10,11)37-46(39-56)26-24-31-53(14,15)42-55(18,19)38-47(27-23-29-49(5,6)7)40-59-34-33-58(21-2)43-59;/h21,25-27,33-34,43,48H,2,4,20,22-24,28-32,35-42H2,1,3,5-19H3;1H/q+1;/p-1/b44-25+,46-26-,47-27-;. The third kappa shape index (κ3) is 26.9. The van der Waals surface area contributed by atoms with Gasteiger partial charge < -0.3 is 17.0 Å². The van der Waals surface area contributed by atoms with Crippen molar-refractivity contribution in [2.75, 3.05) is 5.33 Å². The quantitative estimate of drug-likeness (QED) is 0.0430. The molecule has 0 aliphatic carbocycles. The smallest absolute Gasteiger partial charge is 0.248 e. The molecule has 1 aromatic rings. The maximum absolute atomic E-state index is 4.55. The maximum atomic E-state index is 4.55. The molecule has 0 bridgehead atoms. The summed E-state index contributed by atoms with van der Waals surface area (Å²) in [6.45, 7) is 50.6. The van der Waals surface area contributed by atoms with Gasteiger partial charge in [0.15, 0.2) is 0 Å². The van der Waals surface area contributed by atoms with E-state index in [0.717, 1.165) is 63.2 Å². The first kappa shape index (κ1) is 59.4. The fourth-order valence-electron chi connectivity index (χ4n) is 9.91. The van der Waals surface area contributed by atoms with Gasteiger partial charge in [0.2, 0.25) is 6.33 Å². The summed E-state index contributed by atoms with van der Waals surface area (Å²) in [5.41, 5.74) is 8.05. The van der Waals surface area contributed by atoms with Crippen LogP contribution in [-0.4, -0.2) is 14.7 Å². The summed E-state index contributed by atoms with van der Waals surface area (Å²) in [6, 6.07) is 0. The molecule has 5 heteroatoms. The second kappa shape index (κ2) is 25.7. The average Bonchev–Trinajstić information content (AvgIpc) is 3.51. The first-order valence-corrected chi connectivity index (χ1v) is 25.4. The Balaban J connectivity index is 0.0000348. The predicted molar refractivity (Wildman–Crippen MR) is 274 cm³/mol. The molecule has 0 saturated heterocycles. The Labute approximate surface area is 402 Å². The van der Waals surface area contributed by atoms with Crippen molar-refractivity contribution in [3.63, 3.8) is 0 Å². The monoisotopic (exact) mass is 1020 g/mol. The molecular weight excluding hydrogens is 928 g/mol. The minimum atomic E-state index is 0. The zero-order valence-electron chi connectivity index (χ0n) is 42.6. The number of alkyl halides is 2. The summed E-state index contributed by atoms with van der Waals surface area (Å²) in [4.78, 5) is 0.390. The minimum Gasteiger partial charge on any atom is -1.00 e. The highest BCUT2D eigenvalue weighted by Gasteiger charge is 2.31. The molecule has 2 nitrogen and oxygen atoms in total. The first-order chi connectivity index (χ1) is 26.8. The molecule has 1 atom stereocenters. The Morgan fingerprint density at radius 1 is 0.667 bits per heavy atom. The van der Waals surface area contributed by atoms with Crippen molar-refractivity contribution in [1.29, 1.82) is 0 Å². The van der Waals surface area contributed by atoms with Crippen molar-refractivity contribution in [3.8, 4) is 0 Å². The summed E-state index contributed by atoms with van der Waals surface area (Å²) >= 11 is 7.91. The summed E-state index contributed by atoms with van der Waals surface area (Å²) in [7, 11) is 0. The average molecular weight is 1030 g/mol. The van der Waals surface area contributed by atoms with Crippen LogP contribution < -0.4 is 21.5 Å². The highest BCUT2D eigenvalue weighted by Crippen LogP contribution is 2.43. The molecule has 60 heavy (non-hydrogen) atoms. The van der Waals surface area contributed by atoms with E-state index in [2.05, 4.69) is 204 Å². The van der Waals surface area contributed by atoms with Gasteiger partial charge in [-0.15, -0.1) is 0 Å². The summed E-state index contributed by atoms with van der Waals surface area (Å²) in [6.07, 6.45) is 33.5. The Kier molecular flexibility index (Phi) is 25.5. The molecule has 0 aliphatic rings. The van der Waals surface area contributed by atoms with Crippen LogP contribution in [0.3, 0.4) is 0 Å². The molecule has 0 saturated carbocycles. The van der Waals surface area contributed by atoms with Gasteiger partial charge in [0.1, 0.15) is 18.9 Å². The zero-order valence-corrected chi connectivity index (χ0v) is 47.3. The van der Waals surface area contributed by atoms with Crippen LogP contribution in [-0.2, 0) is 6.54 Å². The Morgan fingerprint density at radius 3 is 1.72 bits per heavy atom. The fourth-order valence-corrected chi connectivity index (χ4v) is 10.7. The summed E-state index contributed by atoms with van der Waals surface area (Å²) in [5.74, 6) is 0. The second-order valence-corrected chi connectivity index (χ2v) is 26.5. The van der Waals surface area contributed by atoms with Crippen molar-refractivity contribution in [2.45, 2.75) is 225 Å². The third-order valence-corrected chi connectivity index (χ3v) is 14.5. The number of halogens is 3. The lowest BCUT2D eigenvalue weighted by Gasteiger charge is -2.36. The van der Waals surface area contributed by atoms with E-state index in [1.54, 1.807) is 11.1 Å². The molecule has 1 aromatic heterocycles. The van der Waals surface area contributed by atoms with E-state index in [1.165, 1.54) is 56.1 Å². The number of allylic oxidation sites excluding steroid dienone is 7. The van der Waals surface area contributed by atoms with Gasteiger partial charge in [-0.05, 0) is 140 Å². The molecule has 0 aliphatic heterocycles. The minimum absolute atomic E-state index is 0. The van der Waals surface area contributed by atoms with E-state index in [0.29, 0.717) is 15.7 Å². The second-order valence-electron chi connectivity index (χ2n) is 24.9. The van der Waals surface area contributed by atoms with Gasteiger partial charge >= 0.3 is 0 Å². The number of aromatic nitrogens is 2. The Hall–Kier alpha value is -0.650. The SMILES string of the molecule is C=Cn1cc[n+](C/C(=C\CCC(C)(C)C)CC(C)(C)CC(C)(C)CC/C=C(\CBr)CC(C)(C)CC/C=C(\C)CC(C)(C)CCC(Br)C(=C)CC(C)(C)CC(C)(C)CC)c1.[Br-]. The normalized spacial score (nSPS) is 14.9. The molecule has 0 fully saturated rings. The topological polar surface area (TPSA) is 8.81 Å². The third-order valence-electron chi connectivity index (χ3n) is 12.6. The lowest BCUT2D eigenvalue weighted by Crippen LogP contribution is -3.00. The lowest BCUT2D eigenvalue weighted by atomic mass is 9.70. The molecule has 1 rings (SSSR count). The lowest BCUT2D eigenvalue weighted by molar-refractivity contribution is -0.688. The van der Waals surface area contributed by atoms with Crippen LogP contribution in [0.25, 0.3) is 6.20 Å². The molecule has 0 amide bonds. The van der Waals surface area contributed by atoms with Crippen molar-refractivity contribution in [2.24, 2.45) is 37.9 Å². The molecular formula is C55H97Br3N2. The van der Waals surface area contributed by atoms with Gasteiger partial charge in [0.05, 0.1) is 6.20 Å². The van der Waals surface area contributed by atoms with Crippen molar-refractivity contribution in [1.82, 2.24) is 4.57 Å². The van der Waals surface area contributed by atoms with Crippen LogP contribution in [0.1, 0.15) is 214 Å². The van der Waals surface area contributed by atoms with Crippen LogP contribution in [0.5, 0.6) is 0 Å². The highest BCUT2D eigenvalue weighted by atomic mass is 79.9. The maximum Gasteiger partial charge on any atom is 0.248 e. The van der Waals surface area contributed by atoms with E-state index in [9.17, 15) is 0 Å². The molecule has 0 N–H and O–H groups in total. The molecule has 0 spiro atoms. The number of hydrogen-bond donors (Lipinski definition) is 0. The number of rotatable bonds is 29. The van der Waals surface area contributed by atoms with Crippen molar-refractivity contribution < 1.29 is 21.5 Å². The molecule has 0 aromatic carbocycles. The molecule has 1 unspecified atom stereocenters. The number of nitrogens with zero attached hydrogens (tertiary/aromatic N) is 2. The van der Waals surface area contributed by atoms with Gasteiger partial charge in [-0.25, -0.2) is 9.13 Å². The fraction of sp³-hybridized carbons (Fsp3) is 0.764. The van der Waals surface area contributed by atoms with Gasteiger partial charge in [-0.3, -0.25) is 0 Å². The van der Waals surface area contributed by atoms with Crippen LogP contribution in [0, 0.1) is 37.9 Å². The molecule has 0 radical (unpaired) electrons. The first-order valence-electron chi connectivity index (χ1n) is 23.4. The summed E-state index contributed by atoms with van der Waals surface area (Å²) in [5, 5.41) is 0.967. The van der Waals surface area contributed by atoms with E-state index >= 15 is 0 Å². The van der Waals surface area contributed by atoms with E-state index in [-0.39, 0.29) is 44.1 Å². The molecule has 1 heterocycles. The van der Waals surface area contributed by atoms with Gasteiger partial charge in [0, 0.05) is 10.2 Å². The van der Waals surface area contributed by atoms with Crippen LogP contribution in [0.15, 0.2) is 72.4 Å². The van der Waals surface area contributed by atoms with Crippen LogP contribution in [0.2, 0.25) is 0 Å². The van der Waals surface area contributed by atoms with Crippen molar-refractivity contribution in [3.05, 3.63) is 72.4 Å². The van der Waals surface area contributed by atoms with Gasteiger partial charge in [0.25, 0.3) is 0 Å². The van der Waals surface area contributed by atoms with E-state index < -0.39 is 0 Å². The van der Waals surface area contributed by atoms with Crippen molar-refractivity contribution >= 4 is 38.1 Å². The van der Waals surface area contributed by atoms with Gasteiger partial charge in [-0.2, -0.15) is 0 Å². The van der Waals surface area contributed by atoms with E-state index in [1.807, 2.05) is 10.8 Å².